The van der Waals surface area contributed by atoms with Gasteiger partial charge >= 0.3 is 0 Å². The van der Waals surface area contributed by atoms with Crippen molar-refractivity contribution < 1.29 is 9.59 Å². The Kier molecular flexibility index (Phi) is 9.87. The predicted molar refractivity (Wildman–Crippen MR) is 80.5 cm³/mol. The first kappa shape index (κ1) is 18.1. The number of hydrogen-bond acceptors (Lipinski definition) is 2. The molecule has 0 rings (SSSR count). The average Bonchev–Trinajstić information content (AvgIpc) is 2.30. The minimum atomic E-state index is 0.00297. The minimum Gasteiger partial charge on any atom is -0.345 e. The number of carbonyl (C=O) groups is 2. The molecule has 2 N–H and O–H groups in total. The summed E-state index contributed by atoms with van der Waals surface area (Å²) in [6.45, 7) is 8.57. The summed E-state index contributed by atoms with van der Waals surface area (Å²) in [5.74, 6) is 11.4. The Bertz CT molecular complexity index is 389. The summed E-state index contributed by atoms with van der Waals surface area (Å²) in [6.07, 6.45) is 1.02. The molecule has 0 aromatic rings. The predicted octanol–water partition coefficient (Wildman–Crippen LogP) is 1.32. The van der Waals surface area contributed by atoms with Crippen LogP contribution in [-0.2, 0) is 9.59 Å². The third kappa shape index (κ3) is 12.5. The molecule has 0 heterocycles. The summed E-state index contributed by atoms with van der Waals surface area (Å²) >= 11 is 0. The van der Waals surface area contributed by atoms with Crippen LogP contribution < -0.4 is 10.6 Å². The van der Waals surface area contributed by atoms with E-state index in [9.17, 15) is 9.59 Å². The zero-order valence-electron chi connectivity index (χ0n) is 12.8. The van der Waals surface area contributed by atoms with E-state index >= 15 is 0 Å². The fourth-order valence-electron chi connectivity index (χ4n) is 1.35. The Labute approximate surface area is 122 Å². The number of carbonyl (C=O) groups excluding carboxylic acids is 2. The van der Waals surface area contributed by atoms with E-state index in [1.807, 2.05) is 27.7 Å². The number of hydrogen-bond donors (Lipinski definition) is 2. The molecule has 4 nitrogen and oxygen atoms in total. The highest BCUT2D eigenvalue weighted by molar-refractivity contribution is 5.76. The lowest BCUT2D eigenvalue weighted by atomic mass is 10.1. The van der Waals surface area contributed by atoms with Gasteiger partial charge in [0.2, 0.25) is 11.8 Å². The molecule has 0 unspecified atom stereocenters. The molecule has 0 aromatic heterocycles. The molecule has 2 amide bonds. The van der Waals surface area contributed by atoms with Gasteiger partial charge in [-0.3, -0.25) is 9.59 Å². The van der Waals surface area contributed by atoms with Crippen molar-refractivity contribution in [2.45, 2.75) is 40.5 Å². The van der Waals surface area contributed by atoms with E-state index in [4.69, 9.17) is 0 Å². The average molecular weight is 276 g/mol. The van der Waals surface area contributed by atoms with Gasteiger partial charge in [-0.1, -0.05) is 39.5 Å². The fraction of sp³-hybridized carbons (Fsp3) is 0.625. The van der Waals surface area contributed by atoms with Crippen LogP contribution in [0.25, 0.3) is 0 Å². The van der Waals surface area contributed by atoms with Crippen LogP contribution in [0.15, 0.2) is 0 Å². The van der Waals surface area contributed by atoms with E-state index in [0.29, 0.717) is 37.8 Å². The minimum absolute atomic E-state index is 0.00297. The van der Waals surface area contributed by atoms with Crippen LogP contribution in [0.3, 0.4) is 0 Å². The van der Waals surface area contributed by atoms with Crippen LogP contribution in [0.4, 0.5) is 0 Å². The van der Waals surface area contributed by atoms with Crippen molar-refractivity contribution in [2.75, 3.05) is 13.1 Å². The molecule has 0 atom stereocenters. The van der Waals surface area contributed by atoms with Crippen molar-refractivity contribution in [3.05, 3.63) is 0 Å². The van der Waals surface area contributed by atoms with Crippen LogP contribution in [0.5, 0.6) is 0 Å². The van der Waals surface area contributed by atoms with E-state index in [1.54, 1.807) is 0 Å². The van der Waals surface area contributed by atoms with Gasteiger partial charge in [0.15, 0.2) is 0 Å². The van der Waals surface area contributed by atoms with Gasteiger partial charge in [-0.25, -0.2) is 0 Å². The van der Waals surface area contributed by atoms with Gasteiger partial charge < -0.3 is 10.6 Å². The van der Waals surface area contributed by atoms with Gasteiger partial charge in [0.1, 0.15) is 0 Å². The largest absolute Gasteiger partial charge is 0.345 e. The number of amides is 2. The molecule has 0 fully saturated rings. The van der Waals surface area contributed by atoms with Gasteiger partial charge in [-0.15, -0.1) is 0 Å². The Balaban J connectivity index is 3.75. The van der Waals surface area contributed by atoms with Crippen LogP contribution in [0.1, 0.15) is 40.5 Å². The summed E-state index contributed by atoms with van der Waals surface area (Å²) in [5.41, 5.74) is 0. The van der Waals surface area contributed by atoms with Crippen molar-refractivity contribution in [3.63, 3.8) is 0 Å². The van der Waals surface area contributed by atoms with Crippen molar-refractivity contribution >= 4 is 11.8 Å². The van der Waals surface area contributed by atoms with Gasteiger partial charge in [0, 0.05) is 12.8 Å². The lowest BCUT2D eigenvalue weighted by Crippen LogP contribution is -2.24. The second kappa shape index (κ2) is 10.9. The molecule has 0 aromatic carbocycles. The summed E-state index contributed by atoms with van der Waals surface area (Å²) in [4.78, 5) is 22.6. The van der Waals surface area contributed by atoms with E-state index < -0.39 is 0 Å². The zero-order chi connectivity index (χ0) is 15.4. The highest BCUT2D eigenvalue weighted by atomic mass is 16.2. The molecule has 0 spiro atoms. The second-order valence-electron chi connectivity index (χ2n) is 5.35. The smallest absolute Gasteiger partial charge is 0.221 e. The molecule has 4 heteroatoms. The maximum atomic E-state index is 11.3. The van der Waals surface area contributed by atoms with Gasteiger partial charge in [0.25, 0.3) is 0 Å². The standard InChI is InChI=1S/C16H24N2O2/c1-13(2)11-15(19)17-9-7-5-6-8-10-18-16(20)12-14(3)4/h13-14H,9-12H2,1-4H3,(H,17,19)(H,18,20). The lowest BCUT2D eigenvalue weighted by molar-refractivity contribution is -0.122. The van der Waals surface area contributed by atoms with Crippen LogP contribution in [0, 0.1) is 35.5 Å². The molecular weight excluding hydrogens is 252 g/mol. The molecule has 0 aliphatic carbocycles. The maximum absolute atomic E-state index is 11.3. The van der Waals surface area contributed by atoms with Crippen LogP contribution in [0.2, 0.25) is 0 Å². The lowest BCUT2D eigenvalue weighted by Gasteiger charge is -2.03. The second-order valence-corrected chi connectivity index (χ2v) is 5.35. The van der Waals surface area contributed by atoms with E-state index in [1.165, 1.54) is 0 Å². The molecule has 20 heavy (non-hydrogen) atoms. The molecular formula is C16H24N2O2. The number of rotatable bonds is 6. The van der Waals surface area contributed by atoms with Crippen LogP contribution >= 0.6 is 0 Å². The van der Waals surface area contributed by atoms with Crippen molar-refractivity contribution in [1.29, 1.82) is 0 Å². The molecule has 0 bridgehead atoms. The molecule has 110 valence electrons. The third-order valence-electron chi connectivity index (χ3n) is 2.17. The Morgan fingerprint density at radius 1 is 0.800 bits per heavy atom. The Morgan fingerprint density at radius 3 is 1.45 bits per heavy atom. The first-order valence-electron chi connectivity index (χ1n) is 6.91. The maximum Gasteiger partial charge on any atom is 0.221 e. The molecule has 0 saturated carbocycles. The monoisotopic (exact) mass is 276 g/mol. The highest BCUT2D eigenvalue weighted by Gasteiger charge is 2.02. The summed E-state index contributed by atoms with van der Waals surface area (Å²) < 4.78 is 0. The first-order chi connectivity index (χ1) is 9.41. The Morgan fingerprint density at radius 2 is 1.15 bits per heavy atom. The quantitative estimate of drug-likeness (QED) is 0.719. The summed E-state index contributed by atoms with van der Waals surface area (Å²) in [6, 6.07) is 0. The van der Waals surface area contributed by atoms with Gasteiger partial charge in [-0.2, -0.15) is 0 Å². The SMILES string of the molecule is CC(C)CC(=O)NCC#CC#CCNC(=O)CC(C)C. The molecule has 0 aliphatic rings. The van der Waals surface area contributed by atoms with E-state index in [2.05, 4.69) is 34.3 Å². The summed E-state index contributed by atoms with van der Waals surface area (Å²) in [5, 5.41) is 5.39. The number of nitrogens with one attached hydrogen (secondary N) is 2. The van der Waals surface area contributed by atoms with Crippen molar-refractivity contribution in [1.82, 2.24) is 10.6 Å². The summed E-state index contributed by atoms with van der Waals surface area (Å²) in [7, 11) is 0. The molecule has 0 aliphatic heterocycles. The van der Waals surface area contributed by atoms with Crippen LogP contribution in [-0.4, -0.2) is 24.9 Å². The van der Waals surface area contributed by atoms with Gasteiger partial charge in [0.05, 0.1) is 13.1 Å². The Hall–Kier alpha value is -1.94. The van der Waals surface area contributed by atoms with E-state index in [0.717, 1.165) is 0 Å². The van der Waals surface area contributed by atoms with E-state index in [-0.39, 0.29) is 11.8 Å². The normalized spacial score (nSPS) is 9.30. The van der Waals surface area contributed by atoms with Crippen molar-refractivity contribution in [3.8, 4) is 23.7 Å². The zero-order valence-corrected chi connectivity index (χ0v) is 12.8. The topological polar surface area (TPSA) is 58.2 Å². The van der Waals surface area contributed by atoms with Gasteiger partial charge in [-0.05, 0) is 23.7 Å². The third-order valence-corrected chi connectivity index (χ3v) is 2.17. The first-order valence-corrected chi connectivity index (χ1v) is 6.91. The highest BCUT2D eigenvalue weighted by Crippen LogP contribution is 1.97. The van der Waals surface area contributed by atoms with Crippen molar-refractivity contribution in [2.24, 2.45) is 11.8 Å². The fourth-order valence-corrected chi connectivity index (χ4v) is 1.35. The molecule has 0 radical (unpaired) electrons. The molecule has 0 saturated heterocycles.